The van der Waals surface area contributed by atoms with Gasteiger partial charge >= 0.3 is 0 Å². The highest BCUT2D eigenvalue weighted by Gasteiger charge is 2.37. The third-order valence-electron chi connectivity index (χ3n) is 3.59. The normalized spacial score (nSPS) is 21.6. The van der Waals surface area contributed by atoms with Crippen molar-refractivity contribution in [2.24, 2.45) is 0 Å². The molecule has 8 heteroatoms. The molecular weight excluding hydrogens is 307 g/mol. The molecular formula is C11H20Cl2N4OS. The summed E-state index contributed by atoms with van der Waals surface area (Å²) in [5.41, 5.74) is 0.0779. The molecule has 2 aliphatic heterocycles. The minimum Gasteiger partial charge on any atom is -0.372 e. The van der Waals surface area contributed by atoms with Crippen LogP contribution in [-0.4, -0.2) is 48.6 Å². The molecule has 2 aliphatic rings. The smallest absolute Gasteiger partial charge is 0.208 e. The van der Waals surface area contributed by atoms with Crippen LogP contribution < -0.4 is 10.2 Å². The van der Waals surface area contributed by atoms with E-state index in [1.54, 1.807) is 11.3 Å². The van der Waals surface area contributed by atoms with E-state index in [1.165, 1.54) is 0 Å². The van der Waals surface area contributed by atoms with Crippen LogP contribution >= 0.6 is 36.2 Å². The number of anilines is 1. The Hall–Kier alpha value is -0.140. The van der Waals surface area contributed by atoms with Gasteiger partial charge in [0.15, 0.2) is 0 Å². The van der Waals surface area contributed by atoms with E-state index in [9.17, 15) is 0 Å². The number of morpholine rings is 1. The molecule has 1 spiro atoms. The first-order valence-electron chi connectivity index (χ1n) is 6.17. The van der Waals surface area contributed by atoms with Crippen molar-refractivity contribution in [2.75, 3.05) is 37.7 Å². The number of piperidine rings is 1. The quantitative estimate of drug-likeness (QED) is 0.850. The molecule has 1 N–H and O–H groups in total. The molecule has 3 heterocycles. The maximum atomic E-state index is 5.97. The zero-order valence-electron chi connectivity index (χ0n) is 10.9. The number of aryl methyl sites for hydroxylation is 1. The van der Waals surface area contributed by atoms with Gasteiger partial charge in [-0.2, -0.15) is 0 Å². The van der Waals surface area contributed by atoms with Crippen molar-refractivity contribution in [3.63, 3.8) is 0 Å². The average Bonchev–Trinajstić information content (AvgIpc) is 2.78. The third-order valence-corrected chi connectivity index (χ3v) is 4.49. The highest BCUT2D eigenvalue weighted by Crippen LogP contribution is 2.31. The van der Waals surface area contributed by atoms with Crippen molar-refractivity contribution < 1.29 is 4.74 Å². The molecule has 0 unspecified atom stereocenters. The number of hydrogen-bond acceptors (Lipinski definition) is 6. The first-order chi connectivity index (χ1) is 8.27. The zero-order valence-corrected chi connectivity index (χ0v) is 13.4. The Morgan fingerprint density at radius 1 is 1.26 bits per heavy atom. The molecule has 110 valence electrons. The number of rotatable bonds is 1. The molecule has 1 aromatic rings. The lowest BCUT2D eigenvalue weighted by atomic mass is 9.90. The summed E-state index contributed by atoms with van der Waals surface area (Å²) in [5, 5.41) is 13.8. The summed E-state index contributed by atoms with van der Waals surface area (Å²) in [6.45, 7) is 6.88. The second-order valence-corrected chi connectivity index (χ2v) is 5.96. The van der Waals surface area contributed by atoms with Gasteiger partial charge in [-0.3, -0.25) is 0 Å². The molecule has 3 rings (SSSR count). The first kappa shape index (κ1) is 16.9. The van der Waals surface area contributed by atoms with Crippen LogP contribution in [0.25, 0.3) is 0 Å². The first-order valence-corrected chi connectivity index (χ1v) is 6.99. The van der Waals surface area contributed by atoms with E-state index in [-0.39, 0.29) is 30.4 Å². The number of nitrogens with one attached hydrogen (secondary N) is 1. The lowest BCUT2D eigenvalue weighted by molar-refractivity contribution is -0.0799. The van der Waals surface area contributed by atoms with Gasteiger partial charge in [-0.1, -0.05) is 11.3 Å². The van der Waals surface area contributed by atoms with Crippen molar-refractivity contribution in [3.8, 4) is 0 Å². The number of ether oxygens (including phenoxy) is 1. The monoisotopic (exact) mass is 326 g/mol. The summed E-state index contributed by atoms with van der Waals surface area (Å²) in [6, 6.07) is 0. The Kier molecular flexibility index (Phi) is 6.26. The molecule has 0 saturated carbocycles. The van der Waals surface area contributed by atoms with Crippen molar-refractivity contribution in [1.29, 1.82) is 0 Å². The van der Waals surface area contributed by atoms with Crippen LogP contribution in [0.4, 0.5) is 5.13 Å². The Morgan fingerprint density at radius 3 is 2.53 bits per heavy atom. The van der Waals surface area contributed by atoms with Gasteiger partial charge in [0.25, 0.3) is 0 Å². The fourth-order valence-electron chi connectivity index (χ4n) is 2.55. The molecule has 0 aromatic carbocycles. The van der Waals surface area contributed by atoms with E-state index in [0.29, 0.717) is 0 Å². The number of aromatic nitrogens is 2. The second-order valence-electron chi connectivity index (χ2n) is 4.80. The molecule has 1 aromatic heterocycles. The van der Waals surface area contributed by atoms with Crippen LogP contribution in [-0.2, 0) is 4.74 Å². The van der Waals surface area contributed by atoms with E-state index in [2.05, 4.69) is 20.4 Å². The van der Waals surface area contributed by atoms with Crippen LogP contribution in [0.1, 0.15) is 17.8 Å². The third kappa shape index (κ3) is 3.70. The van der Waals surface area contributed by atoms with Gasteiger partial charge in [0.2, 0.25) is 5.13 Å². The van der Waals surface area contributed by atoms with Crippen molar-refractivity contribution >= 4 is 41.3 Å². The molecule has 0 atom stereocenters. The molecule has 0 radical (unpaired) electrons. The minimum atomic E-state index is 0. The molecule has 0 bridgehead atoms. The lowest BCUT2D eigenvalue weighted by Gasteiger charge is -2.43. The number of halogens is 2. The van der Waals surface area contributed by atoms with Crippen LogP contribution in [0.2, 0.25) is 0 Å². The van der Waals surface area contributed by atoms with Crippen LogP contribution in [0.3, 0.4) is 0 Å². The van der Waals surface area contributed by atoms with Crippen LogP contribution in [0.5, 0.6) is 0 Å². The highest BCUT2D eigenvalue weighted by atomic mass is 35.5. The summed E-state index contributed by atoms with van der Waals surface area (Å²) in [5.74, 6) is 0. The molecule has 0 amide bonds. The number of hydrogen-bond donors (Lipinski definition) is 1. The summed E-state index contributed by atoms with van der Waals surface area (Å²) in [6.07, 6.45) is 2.16. The Morgan fingerprint density at radius 2 is 2.00 bits per heavy atom. The van der Waals surface area contributed by atoms with Crippen LogP contribution in [0, 0.1) is 6.92 Å². The average molecular weight is 327 g/mol. The zero-order chi connectivity index (χ0) is 11.7. The van der Waals surface area contributed by atoms with Gasteiger partial charge in [-0.25, -0.2) is 0 Å². The number of nitrogens with zero attached hydrogens (tertiary/aromatic N) is 3. The van der Waals surface area contributed by atoms with Crippen LogP contribution in [0.15, 0.2) is 0 Å². The van der Waals surface area contributed by atoms with Gasteiger partial charge in [0, 0.05) is 26.2 Å². The fourth-order valence-corrected chi connectivity index (χ4v) is 3.29. The molecule has 0 aliphatic carbocycles. The Balaban J connectivity index is 0.000000902. The molecule has 19 heavy (non-hydrogen) atoms. The summed E-state index contributed by atoms with van der Waals surface area (Å²) >= 11 is 1.68. The van der Waals surface area contributed by atoms with E-state index in [0.717, 1.165) is 55.8 Å². The standard InChI is InChI=1S/C11H18N4OS.2ClH/c1-9-13-14-10(17-9)15-5-2-11(3-6-15)8-12-4-7-16-11;;/h12H,2-8H2,1H3;2*1H. The lowest BCUT2D eigenvalue weighted by Crippen LogP contribution is -2.55. The van der Waals surface area contributed by atoms with E-state index in [1.807, 2.05) is 6.92 Å². The van der Waals surface area contributed by atoms with Gasteiger partial charge in [-0.15, -0.1) is 35.0 Å². The van der Waals surface area contributed by atoms with Crippen molar-refractivity contribution in [1.82, 2.24) is 15.5 Å². The Labute approximate surface area is 129 Å². The largest absolute Gasteiger partial charge is 0.372 e. The highest BCUT2D eigenvalue weighted by molar-refractivity contribution is 7.15. The fraction of sp³-hybridized carbons (Fsp3) is 0.818. The Bertz CT molecular complexity index is 388. The summed E-state index contributed by atoms with van der Waals surface area (Å²) in [4.78, 5) is 2.33. The van der Waals surface area contributed by atoms with Crippen molar-refractivity contribution in [2.45, 2.75) is 25.4 Å². The van der Waals surface area contributed by atoms with Gasteiger partial charge in [0.1, 0.15) is 5.01 Å². The van der Waals surface area contributed by atoms with Gasteiger partial charge < -0.3 is 15.0 Å². The minimum absolute atomic E-state index is 0. The van der Waals surface area contributed by atoms with Gasteiger partial charge in [-0.05, 0) is 19.8 Å². The molecule has 5 nitrogen and oxygen atoms in total. The second kappa shape index (κ2) is 7.04. The van der Waals surface area contributed by atoms with E-state index < -0.39 is 0 Å². The maximum absolute atomic E-state index is 5.97. The molecule has 2 fully saturated rings. The van der Waals surface area contributed by atoms with E-state index in [4.69, 9.17) is 4.74 Å². The summed E-state index contributed by atoms with van der Waals surface area (Å²) in [7, 11) is 0. The predicted octanol–water partition coefficient (Wildman–Crippen LogP) is 1.65. The van der Waals surface area contributed by atoms with Crippen molar-refractivity contribution in [3.05, 3.63) is 5.01 Å². The topological polar surface area (TPSA) is 50.3 Å². The maximum Gasteiger partial charge on any atom is 0.208 e. The molecule has 2 saturated heterocycles. The summed E-state index contributed by atoms with van der Waals surface area (Å²) < 4.78 is 5.97. The SMILES string of the molecule is Cc1nnc(N2CCC3(CC2)CNCCO3)s1.Cl.Cl. The van der Waals surface area contributed by atoms with Gasteiger partial charge in [0.05, 0.1) is 12.2 Å². The predicted molar refractivity (Wildman–Crippen MR) is 82.1 cm³/mol. The van der Waals surface area contributed by atoms with E-state index >= 15 is 0 Å².